The van der Waals surface area contributed by atoms with Crippen LogP contribution in [0.4, 0.5) is 11.4 Å². The summed E-state index contributed by atoms with van der Waals surface area (Å²) in [7, 11) is 0. The van der Waals surface area contributed by atoms with Crippen molar-refractivity contribution in [2.45, 2.75) is 6.54 Å². The number of nitro benzene ring substituents is 1. The van der Waals surface area contributed by atoms with Gasteiger partial charge in [-0.3, -0.25) is 10.1 Å². The maximum absolute atomic E-state index is 10.9. The van der Waals surface area contributed by atoms with E-state index in [2.05, 4.69) is 10.9 Å². The second kappa shape index (κ2) is 5.89. The van der Waals surface area contributed by atoms with Crippen LogP contribution in [0, 0.1) is 10.1 Å². The summed E-state index contributed by atoms with van der Waals surface area (Å²) in [5, 5.41) is 29.6. The number of benzene rings is 2. The first-order valence-electron chi connectivity index (χ1n) is 5.81. The number of nitrogens with zero attached hydrogens (tertiary/aromatic N) is 1. The SMILES string of the molecule is O=[N+]([O-])c1cc(O)c(O)cc1CNNc1ccccc1. The largest absolute Gasteiger partial charge is 0.504 e. The van der Waals surface area contributed by atoms with Crippen LogP contribution in [0.5, 0.6) is 11.5 Å². The van der Waals surface area contributed by atoms with E-state index in [0.29, 0.717) is 0 Å². The predicted octanol–water partition coefficient (Wildman–Crippen LogP) is 2.12. The third-order valence-corrected chi connectivity index (χ3v) is 2.66. The average Bonchev–Trinajstić information content (AvgIpc) is 2.43. The van der Waals surface area contributed by atoms with Gasteiger partial charge in [-0.1, -0.05) is 18.2 Å². The topological polar surface area (TPSA) is 108 Å². The van der Waals surface area contributed by atoms with Crippen molar-refractivity contribution in [3.05, 3.63) is 58.1 Å². The number of hydrogen-bond donors (Lipinski definition) is 4. The Kier molecular flexibility index (Phi) is 4.02. The second-order valence-electron chi connectivity index (χ2n) is 4.07. The highest BCUT2D eigenvalue weighted by molar-refractivity contribution is 5.53. The van der Waals surface area contributed by atoms with Gasteiger partial charge in [0.2, 0.25) is 0 Å². The Labute approximate surface area is 114 Å². The minimum Gasteiger partial charge on any atom is -0.504 e. The Hall–Kier alpha value is -2.80. The third kappa shape index (κ3) is 3.15. The molecule has 0 atom stereocenters. The molecule has 4 N–H and O–H groups in total. The summed E-state index contributed by atoms with van der Waals surface area (Å²) in [5.41, 5.74) is 6.49. The maximum Gasteiger partial charge on any atom is 0.277 e. The van der Waals surface area contributed by atoms with Crippen LogP contribution in [-0.2, 0) is 6.54 Å². The van der Waals surface area contributed by atoms with E-state index in [4.69, 9.17) is 0 Å². The average molecular weight is 275 g/mol. The molecule has 7 heteroatoms. The van der Waals surface area contributed by atoms with E-state index in [1.807, 2.05) is 30.3 Å². The molecule has 0 fully saturated rings. The molecule has 0 aromatic heterocycles. The molecule has 0 aliphatic rings. The van der Waals surface area contributed by atoms with E-state index >= 15 is 0 Å². The number of anilines is 1. The Morgan fingerprint density at radius 2 is 1.75 bits per heavy atom. The highest BCUT2D eigenvalue weighted by Crippen LogP contribution is 2.32. The second-order valence-corrected chi connectivity index (χ2v) is 4.07. The predicted molar refractivity (Wildman–Crippen MR) is 73.3 cm³/mol. The van der Waals surface area contributed by atoms with Gasteiger partial charge in [0.15, 0.2) is 11.5 Å². The molecule has 0 aliphatic heterocycles. The lowest BCUT2D eigenvalue weighted by Crippen LogP contribution is -2.21. The van der Waals surface area contributed by atoms with Gasteiger partial charge < -0.3 is 15.6 Å². The van der Waals surface area contributed by atoms with Crippen LogP contribution in [0.15, 0.2) is 42.5 Å². The lowest BCUT2D eigenvalue weighted by atomic mass is 10.1. The molecule has 0 heterocycles. The molecule has 20 heavy (non-hydrogen) atoms. The van der Waals surface area contributed by atoms with Gasteiger partial charge in [0.25, 0.3) is 5.69 Å². The highest BCUT2D eigenvalue weighted by Gasteiger charge is 2.17. The third-order valence-electron chi connectivity index (χ3n) is 2.66. The zero-order valence-corrected chi connectivity index (χ0v) is 10.4. The fourth-order valence-corrected chi connectivity index (χ4v) is 1.68. The van der Waals surface area contributed by atoms with Gasteiger partial charge in [-0.2, -0.15) is 0 Å². The summed E-state index contributed by atoms with van der Waals surface area (Å²) >= 11 is 0. The number of hydrogen-bond acceptors (Lipinski definition) is 6. The Bertz CT molecular complexity index is 617. The maximum atomic E-state index is 10.9. The van der Waals surface area contributed by atoms with Gasteiger partial charge in [0, 0.05) is 17.8 Å². The number of aromatic hydroxyl groups is 2. The summed E-state index contributed by atoms with van der Waals surface area (Å²) in [5.74, 6) is -0.913. The molecule has 0 spiro atoms. The molecule has 0 radical (unpaired) electrons. The Morgan fingerprint density at radius 1 is 1.10 bits per heavy atom. The van der Waals surface area contributed by atoms with Crippen molar-refractivity contribution in [1.29, 1.82) is 0 Å². The van der Waals surface area contributed by atoms with Crippen molar-refractivity contribution in [1.82, 2.24) is 5.43 Å². The molecule has 2 rings (SSSR count). The van der Waals surface area contributed by atoms with Gasteiger partial charge in [-0.25, -0.2) is 5.43 Å². The van der Waals surface area contributed by atoms with Crippen LogP contribution < -0.4 is 10.9 Å². The quantitative estimate of drug-likeness (QED) is 0.378. The van der Waals surface area contributed by atoms with E-state index in [1.165, 1.54) is 0 Å². The van der Waals surface area contributed by atoms with Crippen molar-refractivity contribution in [3.63, 3.8) is 0 Å². The summed E-state index contributed by atoms with van der Waals surface area (Å²) in [6.07, 6.45) is 0. The van der Waals surface area contributed by atoms with Gasteiger partial charge >= 0.3 is 0 Å². The fraction of sp³-hybridized carbons (Fsp3) is 0.0769. The van der Waals surface area contributed by atoms with Crippen LogP contribution in [0.2, 0.25) is 0 Å². The van der Waals surface area contributed by atoms with Crippen LogP contribution in [0.1, 0.15) is 5.56 Å². The number of hydrazine groups is 1. The molecular weight excluding hydrogens is 262 g/mol. The van der Waals surface area contributed by atoms with Crippen LogP contribution in [0.25, 0.3) is 0 Å². The molecule has 0 bridgehead atoms. The molecule has 2 aromatic carbocycles. The smallest absolute Gasteiger partial charge is 0.277 e. The molecular formula is C13H13N3O4. The van der Waals surface area contributed by atoms with Gasteiger partial charge in [-0.15, -0.1) is 0 Å². The number of nitro groups is 1. The number of para-hydroxylation sites is 1. The molecule has 0 unspecified atom stereocenters. The summed E-state index contributed by atoms with van der Waals surface area (Å²) in [4.78, 5) is 10.3. The van der Waals surface area contributed by atoms with E-state index in [1.54, 1.807) is 0 Å². The molecule has 104 valence electrons. The van der Waals surface area contributed by atoms with Crippen LogP contribution >= 0.6 is 0 Å². The minimum absolute atomic E-state index is 0.110. The van der Waals surface area contributed by atoms with E-state index < -0.39 is 16.4 Å². The zero-order valence-electron chi connectivity index (χ0n) is 10.4. The number of phenolic OH excluding ortho intramolecular Hbond substituents is 2. The lowest BCUT2D eigenvalue weighted by Gasteiger charge is -2.09. The first-order chi connectivity index (χ1) is 9.58. The van der Waals surface area contributed by atoms with Crippen LogP contribution in [-0.4, -0.2) is 15.1 Å². The number of rotatable bonds is 5. The molecule has 0 saturated carbocycles. The molecule has 2 aromatic rings. The Balaban J connectivity index is 2.09. The molecule has 0 saturated heterocycles. The summed E-state index contributed by atoms with van der Waals surface area (Å²) in [6.45, 7) is 0.110. The normalized spacial score (nSPS) is 10.2. The van der Waals surface area contributed by atoms with E-state index in [-0.39, 0.29) is 17.8 Å². The summed E-state index contributed by atoms with van der Waals surface area (Å²) in [6, 6.07) is 11.3. The first-order valence-corrected chi connectivity index (χ1v) is 5.81. The van der Waals surface area contributed by atoms with E-state index in [9.17, 15) is 20.3 Å². The first kappa shape index (κ1) is 13.6. The minimum atomic E-state index is -0.612. The standard InChI is InChI=1S/C13H13N3O4/c17-12-6-9(11(16(19)20)7-13(12)18)8-14-15-10-4-2-1-3-5-10/h1-7,14-15,17-18H,8H2. The molecule has 0 amide bonds. The van der Waals surface area contributed by atoms with Gasteiger partial charge in [0.05, 0.1) is 11.0 Å². The Morgan fingerprint density at radius 3 is 2.40 bits per heavy atom. The van der Waals surface area contributed by atoms with Gasteiger partial charge in [-0.05, 0) is 18.2 Å². The molecule has 7 nitrogen and oxygen atoms in total. The fourth-order valence-electron chi connectivity index (χ4n) is 1.68. The van der Waals surface area contributed by atoms with Gasteiger partial charge in [0.1, 0.15) is 0 Å². The van der Waals surface area contributed by atoms with Crippen molar-refractivity contribution in [3.8, 4) is 11.5 Å². The van der Waals surface area contributed by atoms with Crippen molar-refractivity contribution in [2.24, 2.45) is 0 Å². The summed E-state index contributed by atoms with van der Waals surface area (Å²) < 4.78 is 0. The van der Waals surface area contributed by atoms with Crippen molar-refractivity contribution >= 4 is 11.4 Å². The number of phenols is 2. The highest BCUT2D eigenvalue weighted by atomic mass is 16.6. The zero-order chi connectivity index (χ0) is 14.5. The lowest BCUT2D eigenvalue weighted by molar-refractivity contribution is -0.385. The van der Waals surface area contributed by atoms with Crippen molar-refractivity contribution < 1.29 is 15.1 Å². The monoisotopic (exact) mass is 275 g/mol. The van der Waals surface area contributed by atoms with Crippen LogP contribution in [0.3, 0.4) is 0 Å². The van der Waals surface area contributed by atoms with E-state index in [0.717, 1.165) is 17.8 Å². The van der Waals surface area contributed by atoms with Crippen molar-refractivity contribution in [2.75, 3.05) is 5.43 Å². The number of nitrogens with one attached hydrogen (secondary N) is 2. The molecule has 0 aliphatic carbocycles.